The van der Waals surface area contributed by atoms with Crippen molar-refractivity contribution in [1.82, 2.24) is 15.1 Å². The number of benzene rings is 2. The number of para-hydroxylation sites is 1. The van der Waals surface area contributed by atoms with Crippen molar-refractivity contribution in [3.05, 3.63) is 65.5 Å². The van der Waals surface area contributed by atoms with Gasteiger partial charge in [0.2, 0.25) is 0 Å². The molecule has 0 bridgehead atoms. The molecule has 2 aromatic rings. The summed E-state index contributed by atoms with van der Waals surface area (Å²) >= 11 is 0. The minimum absolute atomic E-state index is 0.0131. The summed E-state index contributed by atoms with van der Waals surface area (Å²) in [5.74, 6) is -0.481. The molecule has 6 nitrogen and oxygen atoms in total. The van der Waals surface area contributed by atoms with E-state index in [0.29, 0.717) is 31.9 Å². The Morgan fingerprint density at radius 2 is 1.59 bits per heavy atom. The predicted molar refractivity (Wildman–Crippen MR) is 123 cm³/mol. The summed E-state index contributed by atoms with van der Waals surface area (Å²) in [6.07, 6.45) is 0. The smallest absolute Gasteiger partial charge is 0.326 e. The van der Waals surface area contributed by atoms with Gasteiger partial charge in [-0.25, -0.2) is 14.1 Å². The number of carbonyl (C=O) groups excluding carboxylic acids is 2. The van der Waals surface area contributed by atoms with Gasteiger partial charge in [-0.1, -0.05) is 57.2 Å². The first-order valence-corrected chi connectivity index (χ1v) is 11.1. The Kier molecular flexibility index (Phi) is 5.71. The van der Waals surface area contributed by atoms with Crippen LogP contribution in [0.4, 0.5) is 14.9 Å². The summed E-state index contributed by atoms with van der Waals surface area (Å²) in [7, 11) is 0. The van der Waals surface area contributed by atoms with E-state index in [0.717, 1.165) is 5.56 Å². The van der Waals surface area contributed by atoms with Crippen molar-refractivity contribution in [2.24, 2.45) is 0 Å². The van der Waals surface area contributed by atoms with E-state index in [1.807, 2.05) is 35.2 Å². The molecule has 0 saturated carbocycles. The molecule has 2 heterocycles. The zero-order chi connectivity index (χ0) is 23.1. The van der Waals surface area contributed by atoms with E-state index in [1.165, 1.54) is 16.5 Å². The van der Waals surface area contributed by atoms with Gasteiger partial charge in [-0.05, 0) is 35.6 Å². The Balaban J connectivity index is 1.42. The average Bonchev–Trinajstić information content (AvgIpc) is 2.98. The van der Waals surface area contributed by atoms with E-state index >= 15 is 0 Å². The topological polar surface area (TPSA) is 55.9 Å². The minimum Gasteiger partial charge on any atom is -0.367 e. The predicted octanol–water partition coefficient (Wildman–Crippen LogP) is 3.67. The van der Waals surface area contributed by atoms with Crippen LogP contribution in [0.2, 0.25) is 0 Å². The van der Waals surface area contributed by atoms with Crippen molar-refractivity contribution in [3.63, 3.8) is 0 Å². The molecule has 1 unspecified atom stereocenters. The van der Waals surface area contributed by atoms with Crippen molar-refractivity contribution in [2.45, 2.75) is 38.6 Å². The number of rotatable bonds is 4. The number of urea groups is 1. The molecule has 2 fully saturated rings. The number of hydrogen-bond acceptors (Lipinski definition) is 4. The molecule has 4 rings (SSSR count). The van der Waals surface area contributed by atoms with Crippen LogP contribution in [0.25, 0.3) is 0 Å². The SMILES string of the molecule is CC(C)(C)c1ccc(C2(C)NC(=O)N(CN3CCN(c4ccccc4F)CC3)C2=O)cc1. The molecule has 2 aromatic carbocycles. The molecule has 3 amide bonds. The summed E-state index contributed by atoms with van der Waals surface area (Å²) in [5, 5.41) is 2.89. The lowest BCUT2D eigenvalue weighted by Crippen LogP contribution is -2.51. The van der Waals surface area contributed by atoms with E-state index in [9.17, 15) is 14.0 Å². The fraction of sp³-hybridized carbons (Fsp3) is 0.440. The maximum Gasteiger partial charge on any atom is 0.326 e. The first kappa shape index (κ1) is 22.3. The Hall–Kier alpha value is -2.93. The number of nitrogens with one attached hydrogen (secondary N) is 1. The van der Waals surface area contributed by atoms with Crippen LogP contribution in [-0.2, 0) is 15.7 Å². The zero-order valence-corrected chi connectivity index (χ0v) is 19.2. The molecule has 1 atom stereocenters. The highest BCUT2D eigenvalue weighted by atomic mass is 19.1. The van der Waals surface area contributed by atoms with E-state index in [2.05, 4.69) is 31.0 Å². The van der Waals surface area contributed by atoms with Gasteiger partial charge in [-0.2, -0.15) is 0 Å². The molecule has 2 saturated heterocycles. The van der Waals surface area contributed by atoms with Crippen LogP contribution in [0.15, 0.2) is 48.5 Å². The van der Waals surface area contributed by atoms with E-state index in [1.54, 1.807) is 19.1 Å². The fourth-order valence-corrected chi connectivity index (χ4v) is 4.36. The van der Waals surface area contributed by atoms with Crippen LogP contribution in [0, 0.1) is 5.82 Å². The van der Waals surface area contributed by atoms with Crippen LogP contribution in [0.3, 0.4) is 0 Å². The third kappa shape index (κ3) is 4.09. The number of piperazine rings is 1. The van der Waals surface area contributed by atoms with E-state index in [4.69, 9.17) is 0 Å². The highest BCUT2D eigenvalue weighted by Gasteiger charge is 2.49. The highest BCUT2D eigenvalue weighted by molar-refractivity contribution is 6.07. The van der Waals surface area contributed by atoms with Crippen molar-refractivity contribution in [1.29, 1.82) is 0 Å². The fourth-order valence-electron chi connectivity index (χ4n) is 4.36. The lowest BCUT2D eigenvalue weighted by molar-refractivity contribution is -0.132. The molecule has 32 heavy (non-hydrogen) atoms. The Labute approximate surface area is 189 Å². The van der Waals surface area contributed by atoms with Gasteiger partial charge in [-0.3, -0.25) is 9.69 Å². The third-order valence-corrected chi connectivity index (χ3v) is 6.51. The second-order valence-electron chi connectivity index (χ2n) is 9.81. The average molecular weight is 439 g/mol. The van der Waals surface area contributed by atoms with Crippen molar-refractivity contribution < 1.29 is 14.0 Å². The summed E-state index contributed by atoms with van der Waals surface area (Å²) < 4.78 is 14.1. The van der Waals surface area contributed by atoms with Crippen LogP contribution in [-0.4, -0.2) is 54.6 Å². The van der Waals surface area contributed by atoms with Gasteiger partial charge in [0.1, 0.15) is 11.4 Å². The van der Waals surface area contributed by atoms with Crippen LogP contribution in [0.1, 0.15) is 38.8 Å². The number of carbonyl (C=O) groups is 2. The normalized spacial score (nSPS) is 22.4. The number of hydrogen-bond donors (Lipinski definition) is 1. The van der Waals surface area contributed by atoms with Gasteiger partial charge in [0.05, 0.1) is 12.4 Å². The number of nitrogens with zero attached hydrogens (tertiary/aromatic N) is 3. The monoisotopic (exact) mass is 438 g/mol. The number of imide groups is 1. The molecule has 170 valence electrons. The molecule has 0 aliphatic carbocycles. The van der Waals surface area contributed by atoms with Gasteiger partial charge >= 0.3 is 6.03 Å². The van der Waals surface area contributed by atoms with Crippen LogP contribution < -0.4 is 10.2 Å². The summed E-state index contributed by atoms with van der Waals surface area (Å²) in [5.41, 5.74) is 1.47. The molecule has 0 spiro atoms. The Morgan fingerprint density at radius 1 is 0.969 bits per heavy atom. The quantitative estimate of drug-likeness (QED) is 0.740. The number of halogens is 1. The van der Waals surface area contributed by atoms with Gasteiger partial charge in [0, 0.05) is 26.2 Å². The second-order valence-corrected chi connectivity index (χ2v) is 9.81. The largest absolute Gasteiger partial charge is 0.367 e. The summed E-state index contributed by atoms with van der Waals surface area (Å²) in [6, 6.07) is 14.3. The molecular formula is C25H31FN4O2. The van der Waals surface area contributed by atoms with Crippen LogP contribution in [0.5, 0.6) is 0 Å². The zero-order valence-electron chi connectivity index (χ0n) is 19.2. The van der Waals surface area contributed by atoms with Gasteiger partial charge < -0.3 is 10.2 Å². The van der Waals surface area contributed by atoms with Crippen molar-refractivity contribution >= 4 is 17.6 Å². The van der Waals surface area contributed by atoms with Gasteiger partial charge in [0.15, 0.2) is 0 Å². The molecule has 0 aromatic heterocycles. The molecule has 7 heteroatoms. The van der Waals surface area contributed by atoms with Gasteiger partial charge in [0.25, 0.3) is 5.91 Å². The molecular weight excluding hydrogens is 407 g/mol. The second kappa shape index (κ2) is 8.20. The highest BCUT2D eigenvalue weighted by Crippen LogP contribution is 2.31. The standard InChI is InChI=1S/C25H31FN4O2/c1-24(2,3)18-9-11-19(12-10-18)25(4)22(31)30(23(32)27-25)17-28-13-15-29(16-14-28)21-8-6-5-7-20(21)26/h5-12H,13-17H2,1-4H3,(H,27,32). The summed E-state index contributed by atoms with van der Waals surface area (Å²) in [4.78, 5) is 31.3. The molecule has 0 radical (unpaired) electrons. The lowest BCUT2D eigenvalue weighted by Gasteiger charge is -2.37. The number of amides is 3. The van der Waals surface area contributed by atoms with Gasteiger partial charge in [-0.15, -0.1) is 0 Å². The van der Waals surface area contributed by atoms with Crippen LogP contribution >= 0.6 is 0 Å². The van der Waals surface area contributed by atoms with E-state index < -0.39 is 5.54 Å². The maximum atomic E-state index is 14.1. The first-order valence-electron chi connectivity index (χ1n) is 11.1. The number of anilines is 1. The molecule has 2 aliphatic rings. The third-order valence-electron chi connectivity index (χ3n) is 6.51. The first-order chi connectivity index (χ1) is 15.1. The Morgan fingerprint density at radius 3 is 2.19 bits per heavy atom. The molecule has 2 aliphatic heterocycles. The summed E-state index contributed by atoms with van der Waals surface area (Å²) in [6.45, 7) is 11.0. The van der Waals surface area contributed by atoms with E-state index in [-0.39, 0.29) is 29.8 Å². The molecule has 1 N–H and O–H groups in total. The Bertz CT molecular complexity index is 1010. The lowest BCUT2D eigenvalue weighted by atomic mass is 9.84. The van der Waals surface area contributed by atoms with Crippen molar-refractivity contribution in [3.8, 4) is 0 Å². The maximum absolute atomic E-state index is 14.1. The van der Waals surface area contributed by atoms with Crippen molar-refractivity contribution in [2.75, 3.05) is 37.7 Å². The minimum atomic E-state index is -1.08.